The number of nitrogens with two attached hydrogens (primary N) is 1. The van der Waals surface area contributed by atoms with Crippen LogP contribution in [0, 0.1) is 34.2 Å². The molecule has 152 valence electrons. The van der Waals surface area contributed by atoms with Gasteiger partial charge in [-0.2, -0.15) is 23.5 Å². The van der Waals surface area contributed by atoms with Gasteiger partial charge in [-0.1, -0.05) is 0 Å². The van der Waals surface area contributed by atoms with Gasteiger partial charge < -0.3 is 10.5 Å². The third-order valence-electron chi connectivity index (χ3n) is 3.19. The maximum atomic E-state index is 14.1. The first-order chi connectivity index (χ1) is 13.4. The van der Waals surface area contributed by atoms with Gasteiger partial charge in [-0.15, -0.1) is 0 Å². The SMILES string of the molecule is N#C/C(=N\Nc1cc(F)cc(Br)c1Oc1c(F)cc(C(F)(F)F)cc1F)C(=N)N. The van der Waals surface area contributed by atoms with Crippen LogP contribution < -0.4 is 15.9 Å². The Morgan fingerprint density at radius 2 is 1.72 bits per heavy atom. The number of rotatable bonds is 5. The standard InChI is InChI=1S/C16H8BrF6N5O/c17-8-3-7(18)4-11(27-28-12(5-24)15(25)26)13(8)29-14-9(19)1-6(2-10(14)20)16(21,22)23/h1-4,27H,(H3,25,26)/b28-12+. The molecule has 0 atom stereocenters. The Morgan fingerprint density at radius 1 is 1.14 bits per heavy atom. The fourth-order valence-electron chi connectivity index (χ4n) is 1.93. The van der Waals surface area contributed by atoms with Crippen LogP contribution in [-0.4, -0.2) is 11.5 Å². The highest BCUT2D eigenvalue weighted by molar-refractivity contribution is 9.10. The summed E-state index contributed by atoms with van der Waals surface area (Å²) in [5, 5.41) is 19.4. The largest absolute Gasteiger partial charge is 0.448 e. The van der Waals surface area contributed by atoms with Crippen LogP contribution in [0.4, 0.5) is 32.0 Å². The van der Waals surface area contributed by atoms with E-state index in [0.717, 1.165) is 12.1 Å². The molecule has 0 aliphatic carbocycles. The number of benzene rings is 2. The Kier molecular flexibility index (Phi) is 6.38. The predicted molar refractivity (Wildman–Crippen MR) is 94.1 cm³/mol. The van der Waals surface area contributed by atoms with Gasteiger partial charge in [0, 0.05) is 6.07 Å². The van der Waals surface area contributed by atoms with E-state index in [-0.39, 0.29) is 22.3 Å². The summed E-state index contributed by atoms with van der Waals surface area (Å²) in [7, 11) is 0. The minimum Gasteiger partial charge on any atom is -0.448 e. The first-order valence-corrected chi connectivity index (χ1v) is 8.04. The molecule has 13 heteroatoms. The summed E-state index contributed by atoms with van der Waals surface area (Å²) in [4.78, 5) is 0. The van der Waals surface area contributed by atoms with Crippen LogP contribution >= 0.6 is 15.9 Å². The van der Waals surface area contributed by atoms with Crippen LogP contribution in [0.1, 0.15) is 5.56 Å². The van der Waals surface area contributed by atoms with Crippen molar-refractivity contribution in [2.75, 3.05) is 5.43 Å². The van der Waals surface area contributed by atoms with Crippen molar-refractivity contribution in [1.82, 2.24) is 0 Å². The minimum atomic E-state index is -4.99. The first kappa shape index (κ1) is 22.0. The van der Waals surface area contributed by atoms with E-state index in [1.165, 1.54) is 6.07 Å². The van der Waals surface area contributed by atoms with Crippen LogP contribution in [0.5, 0.6) is 11.5 Å². The molecule has 0 aliphatic rings. The van der Waals surface area contributed by atoms with E-state index in [4.69, 9.17) is 21.1 Å². The topological polar surface area (TPSA) is 107 Å². The molecule has 0 spiro atoms. The molecule has 0 heterocycles. The molecular weight excluding hydrogens is 472 g/mol. The Bertz CT molecular complexity index is 1020. The van der Waals surface area contributed by atoms with E-state index in [0.29, 0.717) is 0 Å². The highest BCUT2D eigenvalue weighted by Crippen LogP contribution is 2.41. The fraction of sp³-hybridized carbons (Fsp3) is 0.0625. The van der Waals surface area contributed by atoms with E-state index in [9.17, 15) is 26.3 Å². The molecule has 4 N–H and O–H groups in total. The van der Waals surface area contributed by atoms with Gasteiger partial charge in [0.1, 0.15) is 17.6 Å². The van der Waals surface area contributed by atoms with E-state index >= 15 is 0 Å². The van der Waals surface area contributed by atoms with Crippen LogP contribution in [0.25, 0.3) is 0 Å². The van der Waals surface area contributed by atoms with Gasteiger partial charge in [0.05, 0.1) is 10.0 Å². The highest BCUT2D eigenvalue weighted by atomic mass is 79.9. The number of halogens is 7. The molecule has 0 unspecified atom stereocenters. The zero-order valence-electron chi connectivity index (χ0n) is 13.8. The van der Waals surface area contributed by atoms with Crippen molar-refractivity contribution >= 4 is 33.2 Å². The van der Waals surface area contributed by atoms with Crippen LogP contribution in [0.15, 0.2) is 33.8 Å². The summed E-state index contributed by atoms with van der Waals surface area (Å²) >= 11 is 2.89. The molecular formula is C16H8BrF6N5O. The summed E-state index contributed by atoms with van der Waals surface area (Å²) in [6.45, 7) is 0. The molecule has 2 aromatic rings. The zero-order valence-corrected chi connectivity index (χ0v) is 15.4. The van der Waals surface area contributed by atoms with Gasteiger partial charge in [0.15, 0.2) is 29.0 Å². The zero-order chi connectivity index (χ0) is 21.9. The maximum absolute atomic E-state index is 14.1. The molecule has 2 aromatic carbocycles. The number of nitrogens with zero attached hydrogens (tertiary/aromatic N) is 2. The number of amidine groups is 1. The van der Waals surface area contributed by atoms with Gasteiger partial charge >= 0.3 is 6.18 Å². The molecule has 6 nitrogen and oxygen atoms in total. The van der Waals surface area contributed by atoms with Crippen molar-refractivity contribution in [3.63, 3.8) is 0 Å². The number of hydrogen-bond donors (Lipinski definition) is 3. The number of alkyl halides is 3. The molecule has 0 bridgehead atoms. The van der Waals surface area contributed by atoms with Crippen LogP contribution in [-0.2, 0) is 6.18 Å². The van der Waals surface area contributed by atoms with E-state index in [1.807, 2.05) is 0 Å². The van der Waals surface area contributed by atoms with Gasteiger partial charge in [0.25, 0.3) is 0 Å². The lowest BCUT2D eigenvalue weighted by Crippen LogP contribution is -2.22. The van der Waals surface area contributed by atoms with Gasteiger partial charge in [-0.3, -0.25) is 10.8 Å². The molecule has 2 rings (SSSR count). The number of nitrogens with one attached hydrogen (secondary N) is 2. The lowest BCUT2D eigenvalue weighted by Gasteiger charge is -2.15. The minimum absolute atomic E-state index is 0.0324. The predicted octanol–water partition coefficient (Wildman–Crippen LogP) is 4.90. The number of nitriles is 1. The molecule has 29 heavy (non-hydrogen) atoms. The average Bonchev–Trinajstić information content (AvgIpc) is 2.58. The fourth-order valence-corrected chi connectivity index (χ4v) is 2.45. The normalized spacial score (nSPS) is 11.7. The van der Waals surface area contributed by atoms with Crippen molar-refractivity contribution in [3.8, 4) is 17.6 Å². The molecule has 0 radical (unpaired) electrons. The van der Waals surface area contributed by atoms with Gasteiger partial charge in [-0.25, -0.2) is 13.2 Å². The van der Waals surface area contributed by atoms with E-state index < -0.39 is 52.2 Å². The first-order valence-electron chi connectivity index (χ1n) is 7.25. The number of ether oxygens (including phenoxy) is 1. The lowest BCUT2D eigenvalue weighted by molar-refractivity contribution is -0.138. The second-order valence-electron chi connectivity index (χ2n) is 5.23. The van der Waals surface area contributed by atoms with Crippen molar-refractivity contribution in [2.24, 2.45) is 10.8 Å². The number of hydrazone groups is 1. The third kappa shape index (κ3) is 5.17. The summed E-state index contributed by atoms with van der Waals surface area (Å²) in [6.07, 6.45) is -4.99. The second kappa shape index (κ2) is 8.39. The molecule has 0 aliphatic heterocycles. The number of anilines is 1. The maximum Gasteiger partial charge on any atom is 0.416 e. The monoisotopic (exact) mass is 479 g/mol. The lowest BCUT2D eigenvalue weighted by atomic mass is 10.2. The van der Waals surface area contributed by atoms with Crippen LogP contribution in [0.2, 0.25) is 0 Å². The van der Waals surface area contributed by atoms with Gasteiger partial charge in [-0.05, 0) is 34.1 Å². The van der Waals surface area contributed by atoms with E-state index in [1.54, 1.807) is 0 Å². The summed E-state index contributed by atoms with van der Waals surface area (Å²) < 4.78 is 84.6. The highest BCUT2D eigenvalue weighted by Gasteiger charge is 2.33. The number of hydrogen-bond acceptors (Lipinski definition) is 5. The Balaban J connectivity index is 2.51. The van der Waals surface area contributed by atoms with Crippen molar-refractivity contribution in [1.29, 1.82) is 10.7 Å². The van der Waals surface area contributed by atoms with E-state index in [2.05, 4.69) is 26.5 Å². The second-order valence-corrected chi connectivity index (χ2v) is 6.09. The smallest absolute Gasteiger partial charge is 0.416 e. The molecule has 0 fully saturated rings. The van der Waals surface area contributed by atoms with Crippen molar-refractivity contribution in [3.05, 3.63) is 51.8 Å². The Morgan fingerprint density at radius 3 is 2.21 bits per heavy atom. The quantitative estimate of drug-likeness (QED) is 0.245. The molecule has 0 saturated heterocycles. The summed E-state index contributed by atoms with van der Waals surface area (Å²) in [5.41, 5.74) is 4.72. The third-order valence-corrected chi connectivity index (χ3v) is 3.78. The van der Waals surface area contributed by atoms with Crippen molar-refractivity contribution in [2.45, 2.75) is 6.18 Å². The van der Waals surface area contributed by atoms with Crippen molar-refractivity contribution < 1.29 is 31.1 Å². The summed E-state index contributed by atoms with van der Waals surface area (Å²) in [5.74, 6) is -6.57. The van der Waals surface area contributed by atoms with Crippen LogP contribution in [0.3, 0.4) is 0 Å². The van der Waals surface area contributed by atoms with Gasteiger partial charge in [0.2, 0.25) is 5.71 Å². The Hall–Kier alpha value is -3.27. The molecule has 0 saturated carbocycles. The molecule has 0 aromatic heterocycles. The molecule has 0 amide bonds. The average molecular weight is 480 g/mol. The Labute approximate surface area is 167 Å². The summed E-state index contributed by atoms with van der Waals surface area (Å²) in [6, 6.07) is 3.15.